The molecule has 47 heavy (non-hydrogen) atoms. The molecule has 6 rings (SSSR count). The first-order valence-corrected chi connectivity index (χ1v) is 15.7. The Hall–Kier alpha value is -4.70. The summed E-state index contributed by atoms with van der Waals surface area (Å²) in [7, 11) is 3.55. The molecule has 0 aliphatic carbocycles. The van der Waals surface area contributed by atoms with Crippen molar-refractivity contribution >= 4 is 33.4 Å². The number of halogens is 1. The first kappa shape index (κ1) is 32.2. The Kier molecular flexibility index (Phi) is 9.31. The van der Waals surface area contributed by atoms with Crippen molar-refractivity contribution in [3.8, 4) is 23.3 Å². The number of carbonyl (C=O) groups is 1. The van der Waals surface area contributed by atoms with Gasteiger partial charge in [-0.05, 0) is 49.7 Å². The standard InChI is InChI=1S/C35H38FN7O4/c1-23-8-4-9-24-10-5-12-26(29(23)24)31-30(36)32-27(20-38-31)33(40-34(39-32)47-21-25-11-6-16-41(25)2)42-17-18-43(28(44)13-7-19-46-3)35(45,22-42)14-15-37/h4-5,7-10,12-13,20,25,45H,6,11,14,16-19,21-22H2,1-3H3/b13-7+/t25-,35-/m0/s1. The molecule has 0 bridgehead atoms. The van der Waals surface area contributed by atoms with Crippen LogP contribution in [-0.4, -0.2) is 101 Å². The van der Waals surface area contributed by atoms with Crippen LogP contribution in [0, 0.1) is 24.1 Å². The van der Waals surface area contributed by atoms with Crippen molar-refractivity contribution in [1.82, 2.24) is 24.8 Å². The lowest BCUT2D eigenvalue weighted by molar-refractivity contribution is -0.155. The number of hydrogen-bond acceptors (Lipinski definition) is 10. The van der Waals surface area contributed by atoms with Gasteiger partial charge in [-0.3, -0.25) is 9.78 Å². The van der Waals surface area contributed by atoms with Gasteiger partial charge in [0, 0.05) is 44.1 Å². The minimum atomic E-state index is -1.83. The molecule has 4 heterocycles. The summed E-state index contributed by atoms with van der Waals surface area (Å²) in [6, 6.07) is 13.8. The molecule has 4 aromatic rings. The van der Waals surface area contributed by atoms with E-state index in [4.69, 9.17) is 14.5 Å². The molecule has 1 amide bonds. The van der Waals surface area contributed by atoms with Gasteiger partial charge < -0.3 is 29.3 Å². The van der Waals surface area contributed by atoms with Crippen LogP contribution in [0.5, 0.6) is 6.01 Å². The van der Waals surface area contributed by atoms with E-state index in [0.29, 0.717) is 23.4 Å². The van der Waals surface area contributed by atoms with Crippen LogP contribution in [-0.2, 0) is 9.53 Å². The van der Waals surface area contributed by atoms with Crippen molar-refractivity contribution in [1.29, 1.82) is 5.26 Å². The average Bonchev–Trinajstić information content (AvgIpc) is 3.48. The maximum Gasteiger partial charge on any atom is 0.319 e. The summed E-state index contributed by atoms with van der Waals surface area (Å²) in [5.41, 5.74) is -0.00683. The highest BCUT2D eigenvalue weighted by atomic mass is 19.1. The number of likely N-dealkylation sites (N-methyl/N-ethyl adjacent to an activating group) is 1. The van der Waals surface area contributed by atoms with Crippen LogP contribution in [0.4, 0.5) is 10.2 Å². The number of rotatable bonds is 9. The van der Waals surface area contributed by atoms with Crippen molar-refractivity contribution < 1.29 is 23.8 Å². The number of hydrogen-bond donors (Lipinski definition) is 1. The van der Waals surface area contributed by atoms with Gasteiger partial charge in [-0.1, -0.05) is 42.5 Å². The van der Waals surface area contributed by atoms with Crippen molar-refractivity contribution in [2.24, 2.45) is 0 Å². The third kappa shape index (κ3) is 6.34. The minimum Gasteiger partial charge on any atom is -0.462 e. The molecule has 12 heteroatoms. The average molecular weight is 640 g/mol. The zero-order chi connectivity index (χ0) is 33.1. The van der Waals surface area contributed by atoms with Crippen molar-refractivity contribution in [3.05, 3.63) is 66.1 Å². The van der Waals surface area contributed by atoms with E-state index in [2.05, 4.69) is 14.9 Å². The highest BCUT2D eigenvalue weighted by molar-refractivity contribution is 6.00. The summed E-state index contributed by atoms with van der Waals surface area (Å²) in [6.45, 7) is 3.70. The second-order valence-corrected chi connectivity index (χ2v) is 12.2. The van der Waals surface area contributed by atoms with E-state index >= 15 is 4.39 Å². The number of nitriles is 1. The first-order chi connectivity index (χ1) is 22.7. The number of piperazine rings is 1. The van der Waals surface area contributed by atoms with Crippen LogP contribution in [0.1, 0.15) is 24.8 Å². The molecular weight excluding hydrogens is 601 g/mol. The molecule has 0 unspecified atom stereocenters. The van der Waals surface area contributed by atoms with E-state index in [9.17, 15) is 15.2 Å². The lowest BCUT2D eigenvalue weighted by Gasteiger charge is -2.46. The van der Waals surface area contributed by atoms with Gasteiger partial charge in [0.1, 0.15) is 23.6 Å². The fourth-order valence-corrected chi connectivity index (χ4v) is 6.61. The van der Waals surface area contributed by atoms with Crippen LogP contribution in [0.3, 0.4) is 0 Å². The van der Waals surface area contributed by atoms with E-state index in [1.807, 2.05) is 56.4 Å². The number of carbonyl (C=O) groups excluding carboxylic acids is 1. The van der Waals surface area contributed by atoms with Crippen molar-refractivity contribution in [2.75, 3.05) is 58.5 Å². The Morgan fingerprint density at radius 3 is 2.77 bits per heavy atom. The second-order valence-electron chi connectivity index (χ2n) is 12.2. The van der Waals surface area contributed by atoms with Crippen LogP contribution < -0.4 is 9.64 Å². The molecule has 1 N–H and O–H groups in total. The first-order valence-electron chi connectivity index (χ1n) is 15.7. The van der Waals surface area contributed by atoms with Gasteiger partial charge in [0.15, 0.2) is 11.5 Å². The van der Waals surface area contributed by atoms with Gasteiger partial charge in [0.05, 0.1) is 31.0 Å². The second kappa shape index (κ2) is 13.6. The van der Waals surface area contributed by atoms with Gasteiger partial charge in [0.2, 0.25) is 5.91 Å². The normalized spacial score (nSPS) is 20.4. The molecular formula is C35H38FN7O4. The van der Waals surface area contributed by atoms with Crippen LogP contribution in [0.25, 0.3) is 32.9 Å². The van der Waals surface area contributed by atoms with E-state index in [1.54, 1.807) is 17.2 Å². The Bertz CT molecular complexity index is 1870. The van der Waals surface area contributed by atoms with Gasteiger partial charge in [-0.25, -0.2) is 4.39 Å². The van der Waals surface area contributed by atoms with Crippen LogP contribution in [0.15, 0.2) is 54.7 Å². The number of aromatic nitrogens is 3. The van der Waals surface area contributed by atoms with Gasteiger partial charge >= 0.3 is 6.01 Å². The molecule has 0 radical (unpaired) electrons. The van der Waals surface area contributed by atoms with E-state index < -0.39 is 17.4 Å². The number of amides is 1. The lowest BCUT2D eigenvalue weighted by atomic mass is 9.97. The minimum absolute atomic E-state index is 0.00257. The number of pyridine rings is 1. The van der Waals surface area contributed by atoms with Crippen LogP contribution >= 0.6 is 0 Å². The molecule has 244 valence electrons. The number of methoxy groups -OCH3 is 1. The predicted octanol–water partition coefficient (Wildman–Crippen LogP) is 4.22. The smallest absolute Gasteiger partial charge is 0.319 e. The number of aryl methyl sites for hydroxylation is 1. The Morgan fingerprint density at radius 2 is 2.02 bits per heavy atom. The number of fused-ring (bicyclic) bond motifs is 2. The molecule has 2 aromatic heterocycles. The number of aliphatic hydroxyl groups is 1. The monoisotopic (exact) mass is 639 g/mol. The third-order valence-corrected chi connectivity index (χ3v) is 9.08. The summed E-state index contributed by atoms with van der Waals surface area (Å²) in [4.78, 5) is 32.1. The molecule has 2 atom stereocenters. The number of anilines is 1. The summed E-state index contributed by atoms with van der Waals surface area (Å²) < 4.78 is 27.9. The van der Waals surface area contributed by atoms with Gasteiger partial charge in [-0.2, -0.15) is 15.2 Å². The fraction of sp³-hybridized carbons (Fsp3) is 0.400. The topological polar surface area (TPSA) is 128 Å². The molecule has 2 fully saturated rings. The van der Waals surface area contributed by atoms with Crippen molar-refractivity contribution in [2.45, 2.75) is 38.0 Å². The van der Waals surface area contributed by atoms with E-state index in [1.165, 1.54) is 18.1 Å². The Morgan fingerprint density at radius 1 is 1.21 bits per heavy atom. The van der Waals surface area contributed by atoms with E-state index in [0.717, 1.165) is 35.7 Å². The number of benzene rings is 2. The summed E-state index contributed by atoms with van der Waals surface area (Å²) in [6.07, 6.45) is 6.10. The van der Waals surface area contributed by atoms with Gasteiger partial charge in [0.25, 0.3) is 0 Å². The van der Waals surface area contributed by atoms with Crippen LogP contribution in [0.2, 0.25) is 0 Å². The predicted molar refractivity (Wildman–Crippen MR) is 176 cm³/mol. The van der Waals surface area contributed by atoms with E-state index in [-0.39, 0.29) is 55.9 Å². The maximum atomic E-state index is 16.7. The van der Waals surface area contributed by atoms with Crippen molar-refractivity contribution in [3.63, 3.8) is 0 Å². The summed E-state index contributed by atoms with van der Waals surface area (Å²) in [5, 5.41) is 23.5. The maximum absolute atomic E-state index is 16.7. The number of likely N-dealkylation sites (tertiary alicyclic amines) is 1. The SMILES string of the molecule is COC/C=C/C(=O)N1CCN(c2nc(OC[C@@H]3CCCN3C)nc3c(F)c(-c4cccc5cccc(C)c45)ncc23)C[C@@]1(O)CC#N. The zero-order valence-corrected chi connectivity index (χ0v) is 26.8. The third-order valence-electron chi connectivity index (χ3n) is 9.08. The highest BCUT2D eigenvalue weighted by Gasteiger charge is 2.43. The number of β-amino-alcohol motifs (C(OH)–C–C–N with tert-alkyl or cyclic N) is 1. The summed E-state index contributed by atoms with van der Waals surface area (Å²) >= 11 is 0. The molecule has 11 nitrogen and oxygen atoms in total. The zero-order valence-electron chi connectivity index (χ0n) is 26.8. The molecule has 2 saturated heterocycles. The molecule has 2 aromatic carbocycles. The summed E-state index contributed by atoms with van der Waals surface area (Å²) in [5.74, 6) is -0.760. The molecule has 0 saturated carbocycles. The van der Waals surface area contributed by atoms with Gasteiger partial charge in [-0.15, -0.1) is 0 Å². The Labute approximate surface area is 272 Å². The molecule has 2 aliphatic rings. The quantitative estimate of drug-likeness (QED) is 0.266. The molecule has 2 aliphatic heterocycles. The number of ether oxygens (including phenoxy) is 2. The fourth-order valence-electron chi connectivity index (χ4n) is 6.61. The Balaban J connectivity index is 1.44. The number of nitrogens with zero attached hydrogens (tertiary/aromatic N) is 7. The largest absolute Gasteiger partial charge is 0.462 e. The lowest BCUT2D eigenvalue weighted by Crippen LogP contribution is -2.64. The highest BCUT2D eigenvalue weighted by Crippen LogP contribution is 2.37. The molecule has 0 spiro atoms.